The molecule has 0 heterocycles. The lowest BCUT2D eigenvalue weighted by Gasteiger charge is -2.21. The van der Waals surface area contributed by atoms with Crippen molar-refractivity contribution in [3.8, 4) is 0 Å². The number of carbonyl (C=O) groups is 3. The summed E-state index contributed by atoms with van der Waals surface area (Å²) in [6.07, 6.45) is -0.520. The summed E-state index contributed by atoms with van der Waals surface area (Å²) in [5.41, 5.74) is -0.0638. The molecule has 0 spiro atoms. The molecule has 7 nitrogen and oxygen atoms in total. The number of carboxylic acid groups (broad SMARTS) is 1. The molecular formula is C17H24N2O5S. The molecule has 25 heavy (non-hydrogen) atoms. The van der Waals surface area contributed by atoms with Gasteiger partial charge in [0.05, 0.1) is 5.75 Å². The highest BCUT2D eigenvalue weighted by atomic mass is 32.2. The van der Waals surface area contributed by atoms with E-state index in [-0.39, 0.29) is 18.2 Å². The van der Waals surface area contributed by atoms with Crippen molar-refractivity contribution >= 4 is 29.7 Å². The van der Waals surface area contributed by atoms with Crippen LogP contribution in [-0.2, 0) is 9.53 Å². The third kappa shape index (κ3) is 8.44. The average Bonchev–Trinajstić information content (AvgIpc) is 2.50. The van der Waals surface area contributed by atoms with Gasteiger partial charge in [-0.25, -0.2) is 4.79 Å². The molecule has 1 rings (SSSR count). The number of aliphatic carboxylic acids is 1. The molecule has 0 fully saturated rings. The topological polar surface area (TPSA) is 95.9 Å². The maximum absolute atomic E-state index is 12.3. The van der Waals surface area contributed by atoms with Gasteiger partial charge < -0.3 is 20.1 Å². The number of benzene rings is 1. The largest absolute Gasteiger partial charge is 0.481 e. The second kappa shape index (κ2) is 9.31. The van der Waals surface area contributed by atoms with Gasteiger partial charge in [-0.3, -0.25) is 9.59 Å². The molecule has 0 unspecified atom stereocenters. The fourth-order valence-corrected chi connectivity index (χ4v) is 2.42. The molecule has 0 aliphatic heterocycles. The van der Waals surface area contributed by atoms with Gasteiger partial charge in [0.15, 0.2) is 0 Å². The van der Waals surface area contributed by atoms with Crippen LogP contribution in [0.1, 0.15) is 31.1 Å². The Morgan fingerprint density at radius 1 is 1.20 bits per heavy atom. The maximum atomic E-state index is 12.3. The van der Waals surface area contributed by atoms with Crippen LogP contribution in [0.5, 0.6) is 0 Å². The monoisotopic (exact) mass is 368 g/mol. The van der Waals surface area contributed by atoms with E-state index in [2.05, 4.69) is 5.32 Å². The van der Waals surface area contributed by atoms with Crippen LogP contribution in [0.4, 0.5) is 4.79 Å². The van der Waals surface area contributed by atoms with Gasteiger partial charge in [0.25, 0.3) is 5.91 Å². The quantitative estimate of drug-likeness (QED) is 0.718. The Morgan fingerprint density at radius 2 is 1.80 bits per heavy atom. The van der Waals surface area contributed by atoms with Crippen LogP contribution in [0, 0.1) is 0 Å². The molecule has 2 N–H and O–H groups in total. The number of hydrogen-bond donors (Lipinski definition) is 2. The summed E-state index contributed by atoms with van der Waals surface area (Å²) in [6.45, 7) is 5.96. The van der Waals surface area contributed by atoms with E-state index < -0.39 is 17.7 Å². The second-order valence-corrected chi connectivity index (χ2v) is 7.41. The highest BCUT2D eigenvalue weighted by Crippen LogP contribution is 2.18. The third-order valence-corrected chi connectivity index (χ3v) is 3.92. The minimum absolute atomic E-state index is 0.0243. The first kappa shape index (κ1) is 20.8. The van der Waals surface area contributed by atoms with Gasteiger partial charge in [-0.1, -0.05) is 0 Å². The van der Waals surface area contributed by atoms with Crippen LogP contribution in [0.2, 0.25) is 0 Å². The normalized spacial score (nSPS) is 10.9. The predicted octanol–water partition coefficient (Wildman–Crippen LogP) is 2.46. The number of carboxylic acids is 1. The molecule has 8 heteroatoms. The second-order valence-electron chi connectivity index (χ2n) is 6.36. The predicted molar refractivity (Wildman–Crippen MR) is 96.0 cm³/mol. The molecule has 138 valence electrons. The summed E-state index contributed by atoms with van der Waals surface area (Å²) in [5, 5.41) is 11.3. The van der Waals surface area contributed by atoms with Gasteiger partial charge in [0.2, 0.25) is 0 Å². The van der Waals surface area contributed by atoms with E-state index in [4.69, 9.17) is 9.84 Å². The minimum Gasteiger partial charge on any atom is -0.481 e. The number of amides is 2. The van der Waals surface area contributed by atoms with E-state index in [0.717, 1.165) is 4.90 Å². The Labute approximate surface area is 151 Å². The molecule has 0 aliphatic carbocycles. The summed E-state index contributed by atoms with van der Waals surface area (Å²) in [7, 11) is 1.65. The van der Waals surface area contributed by atoms with Crippen LogP contribution < -0.4 is 5.32 Å². The van der Waals surface area contributed by atoms with E-state index in [0.29, 0.717) is 12.1 Å². The fourth-order valence-electron chi connectivity index (χ4n) is 1.80. The zero-order valence-electron chi connectivity index (χ0n) is 14.9. The molecule has 1 aromatic carbocycles. The lowest BCUT2D eigenvalue weighted by atomic mass is 10.2. The van der Waals surface area contributed by atoms with Gasteiger partial charge in [-0.15, -0.1) is 11.8 Å². The molecule has 0 saturated carbocycles. The number of nitrogens with one attached hydrogen (secondary N) is 1. The number of ether oxygens (including phenoxy) is 1. The Morgan fingerprint density at radius 3 is 2.32 bits per heavy atom. The minimum atomic E-state index is -0.887. The zero-order valence-corrected chi connectivity index (χ0v) is 15.7. The fraction of sp³-hybridized carbons (Fsp3) is 0.471. The summed E-state index contributed by atoms with van der Waals surface area (Å²) < 4.78 is 5.12. The molecule has 2 amide bonds. The number of likely N-dealkylation sites (N-methyl/N-ethyl adjacent to an activating group) is 1. The highest BCUT2D eigenvalue weighted by Gasteiger charge is 2.16. The highest BCUT2D eigenvalue weighted by molar-refractivity contribution is 8.00. The van der Waals surface area contributed by atoms with E-state index in [9.17, 15) is 14.4 Å². The van der Waals surface area contributed by atoms with Gasteiger partial charge >= 0.3 is 12.1 Å². The van der Waals surface area contributed by atoms with Crippen molar-refractivity contribution in [2.45, 2.75) is 31.3 Å². The number of rotatable bonds is 7. The molecule has 0 bridgehead atoms. The summed E-state index contributed by atoms with van der Waals surface area (Å²) >= 11 is 1.19. The molecule has 0 radical (unpaired) electrons. The van der Waals surface area contributed by atoms with Gasteiger partial charge in [-0.2, -0.15) is 0 Å². The summed E-state index contributed by atoms with van der Waals surface area (Å²) in [4.78, 5) is 36.7. The van der Waals surface area contributed by atoms with Crippen molar-refractivity contribution in [3.05, 3.63) is 29.8 Å². The number of hydrogen-bond acceptors (Lipinski definition) is 5. The van der Waals surface area contributed by atoms with Crippen molar-refractivity contribution in [3.63, 3.8) is 0 Å². The molecule has 0 aromatic heterocycles. The zero-order chi connectivity index (χ0) is 19.0. The lowest BCUT2D eigenvalue weighted by Crippen LogP contribution is -2.38. The number of carbonyl (C=O) groups excluding carboxylic acids is 2. The average molecular weight is 368 g/mol. The number of nitrogens with zero attached hydrogens (tertiary/aromatic N) is 1. The van der Waals surface area contributed by atoms with Crippen molar-refractivity contribution in [1.29, 1.82) is 0 Å². The van der Waals surface area contributed by atoms with Gasteiger partial charge in [0, 0.05) is 30.6 Å². The van der Waals surface area contributed by atoms with Gasteiger partial charge in [0.1, 0.15) is 5.60 Å². The molecule has 0 atom stereocenters. The van der Waals surface area contributed by atoms with E-state index >= 15 is 0 Å². The summed E-state index contributed by atoms with van der Waals surface area (Å²) in [5.74, 6) is -1.09. The Kier molecular flexibility index (Phi) is 7.76. The van der Waals surface area contributed by atoms with Crippen molar-refractivity contribution in [2.24, 2.45) is 0 Å². The van der Waals surface area contributed by atoms with Crippen molar-refractivity contribution in [2.75, 3.05) is 25.9 Å². The summed E-state index contributed by atoms with van der Waals surface area (Å²) in [6, 6.07) is 6.75. The van der Waals surface area contributed by atoms with Crippen LogP contribution in [-0.4, -0.2) is 59.5 Å². The first-order valence-corrected chi connectivity index (χ1v) is 8.74. The number of alkyl carbamates (subject to hydrolysis) is 1. The Bertz CT molecular complexity index is 610. The van der Waals surface area contributed by atoms with Crippen LogP contribution in [0.25, 0.3) is 0 Å². The maximum Gasteiger partial charge on any atom is 0.407 e. The molecule has 1 aromatic rings. The van der Waals surface area contributed by atoms with Crippen LogP contribution in [0.15, 0.2) is 29.2 Å². The van der Waals surface area contributed by atoms with Crippen LogP contribution >= 0.6 is 11.8 Å². The van der Waals surface area contributed by atoms with E-state index in [1.54, 1.807) is 52.1 Å². The third-order valence-electron chi connectivity index (χ3n) is 2.93. The van der Waals surface area contributed by atoms with E-state index in [1.807, 2.05) is 0 Å². The molecule has 0 aliphatic rings. The van der Waals surface area contributed by atoms with Crippen LogP contribution in [0.3, 0.4) is 0 Å². The molecular weight excluding hydrogens is 344 g/mol. The first-order valence-electron chi connectivity index (χ1n) is 7.75. The number of thioether (sulfide) groups is 1. The van der Waals surface area contributed by atoms with Gasteiger partial charge in [-0.05, 0) is 45.0 Å². The SMILES string of the molecule is CN(CCNC(=O)OC(C)(C)C)C(=O)c1ccc(SCC(=O)O)cc1. The standard InChI is InChI=1S/C17H24N2O5S/c1-17(2,3)24-16(23)18-9-10-19(4)15(22)12-5-7-13(8-6-12)25-11-14(20)21/h5-8H,9-11H2,1-4H3,(H,18,23)(H,20,21). The first-order chi connectivity index (χ1) is 11.6. The Balaban J connectivity index is 2.45. The smallest absolute Gasteiger partial charge is 0.407 e. The lowest BCUT2D eigenvalue weighted by molar-refractivity contribution is -0.133. The molecule has 0 saturated heterocycles. The van der Waals surface area contributed by atoms with Crippen molar-refractivity contribution < 1.29 is 24.2 Å². The van der Waals surface area contributed by atoms with Crippen molar-refractivity contribution in [1.82, 2.24) is 10.2 Å². The Hall–Kier alpha value is -2.22. The van der Waals surface area contributed by atoms with E-state index in [1.165, 1.54) is 16.7 Å².